The standard InChI is InChI=1S/C30H31F6N7O2/c31-29(32,33)21-11-19(12-22(14-21)30(34,35)36)28(44)43-6-5-42(16-23(43)13-20-15-37-25-4-2-1-3-24(20)25)18-27-26(38-40-39-27)17-41-7-9-45-10-8-41/h1-4,11-12,14-15,23,37H,5-10,13,16-18H2,(H,38,39,40). The molecule has 1 atom stereocenters. The highest BCUT2D eigenvalue weighted by Gasteiger charge is 2.39. The fourth-order valence-electron chi connectivity index (χ4n) is 6.01. The van der Waals surface area contributed by atoms with Crippen LogP contribution in [0.2, 0.25) is 0 Å². The van der Waals surface area contributed by atoms with E-state index in [4.69, 9.17) is 4.74 Å². The van der Waals surface area contributed by atoms with Crippen molar-refractivity contribution >= 4 is 16.8 Å². The van der Waals surface area contributed by atoms with Crippen molar-refractivity contribution in [3.05, 3.63) is 82.3 Å². The van der Waals surface area contributed by atoms with Gasteiger partial charge in [-0.05, 0) is 36.2 Å². The van der Waals surface area contributed by atoms with Gasteiger partial charge in [0.25, 0.3) is 5.91 Å². The van der Waals surface area contributed by atoms with Crippen molar-refractivity contribution < 1.29 is 35.9 Å². The Morgan fingerprint density at radius 2 is 1.51 bits per heavy atom. The minimum absolute atomic E-state index is 0.0323. The molecule has 2 N–H and O–H groups in total. The van der Waals surface area contributed by atoms with E-state index >= 15 is 0 Å². The molecule has 1 amide bonds. The summed E-state index contributed by atoms with van der Waals surface area (Å²) in [5.74, 6) is -0.884. The van der Waals surface area contributed by atoms with Crippen molar-refractivity contribution in [2.24, 2.45) is 0 Å². The molecule has 9 nitrogen and oxygen atoms in total. The molecular formula is C30H31F6N7O2. The molecule has 45 heavy (non-hydrogen) atoms. The second-order valence-corrected chi connectivity index (χ2v) is 11.4. The summed E-state index contributed by atoms with van der Waals surface area (Å²) in [6.45, 7) is 4.56. The molecule has 2 aliphatic heterocycles. The molecule has 0 saturated carbocycles. The minimum Gasteiger partial charge on any atom is -0.379 e. The third-order valence-corrected chi connectivity index (χ3v) is 8.35. The van der Waals surface area contributed by atoms with Crippen molar-refractivity contribution in [2.75, 3.05) is 45.9 Å². The topological polar surface area (TPSA) is 93.4 Å². The van der Waals surface area contributed by atoms with Crippen molar-refractivity contribution in [1.29, 1.82) is 0 Å². The molecule has 15 heteroatoms. The predicted octanol–water partition coefficient (Wildman–Crippen LogP) is 4.73. The fraction of sp³-hybridized carbons (Fsp3) is 0.433. The Morgan fingerprint density at radius 3 is 2.18 bits per heavy atom. The van der Waals surface area contributed by atoms with Crippen LogP contribution in [0.3, 0.4) is 0 Å². The van der Waals surface area contributed by atoms with E-state index in [1.54, 1.807) is 0 Å². The largest absolute Gasteiger partial charge is 0.416 e. The number of morpholine rings is 1. The summed E-state index contributed by atoms with van der Waals surface area (Å²) < 4.78 is 87.1. The zero-order valence-electron chi connectivity index (χ0n) is 24.1. The first-order valence-electron chi connectivity index (χ1n) is 14.5. The number of hydrogen-bond donors (Lipinski definition) is 2. The second kappa shape index (κ2) is 12.4. The van der Waals surface area contributed by atoms with E-state index in [1.807, 2.05) is 30.5 Å². The van der Waals surface area contributed by atoms with Gasteiger partial charge in [-0.2, -0.15) is 41.8 Å². The number of piperazine rings is 1. The number of halogens is 6. The summed E-state index contributed by atoms with van der Waals surface area (Å²) in [6, 6.07) is 8.05. The highest BCUT2D eigenvalue weighted by atomic mass is 19.4. The lowest BCUT2D eigenvalue weighted by atomic mass is 9.98. The van der Waals surface area contributed by atoms with Gasteiger partial charge in [-0.15, -0.1) is 0 Å². The van der Waals surface area contributed by atoms with Crippen LogP contribution in [0.1, 0.15) is 38.4 Å². The molecule has 2 aromatic heterocycles. The first-order valence-corrected chi connectivity index (χ1v) is 14.5. The molecular weight excluding hydrogens is 604 g/mol. The lowest BCUT2D eigenvalue weighted by Crippen LogP contribution is -2.55. The van der Waals surface area contributed by atoms with Gasteiger partial charge >= 0.3 is 12.4 Å². The summed E-state index contributed by atoms with van der Waals surface area (Å²) in [5, 5.41) is 12.3. The molecule has 4 aromatic rings. The van der Waals surface area contributed by atoms with Gasteiger partial charge in [-0.3, -0.25) is 14.6 Å². The Labute approximate surface area is 254 Å². The van der Waals surface area contributed by atoms with Crippen LogP contribution in [0.15, 0.2) is 48.7 Å². The average Bonchev–Trinajstić information content (AvgIpc) is 3.63. The number of carbonyl (C=O) groups is 1. The highest BCUT2D eigenvalue weighted by Crippen LogP contribution is 2.37. The molecule has 0 radical (unpaired) electrons. The van der Waals surface area contributed by atoms with Crippen LogP contribution < -0.4 is 0 Å². The number of nitrogens with one attached hydrogen (secondary N) is 2. The van der Waals surface area contributed by atoms with Crippen LogP contribution >= 0.6 is 0 Å². The smallest absolute Gasteiger partial charge is 0.379 e. The van der Waals surface area contributed by atoms with Gasteiger partial charge in [-0.25, -0.2) is 0 Å². The van der Waals surface area contributed by atoms with Gasteiger partial charge in [0, 0.05) is 74.5 Å². The number of alkyl halides is 6. The normalized spacial score (nSPS) is 19.0. The highest BCUT2D eigenvalue weighted by molar-refractivity contribution is 5.95. The number of rotatable bonds is 7. The molecule has 2 saturated heterocycles. The Hall–Kier alpha value is -3.95. The summed E-state index contributed by atoms with van der Waals surface area (Å²) in [6.07, 6.45) is -7.98. The molecule has 2 fully saturated rings. The van der Waals surface area contributed by atoms with Crippen LogP contribution in [-0.2, 0) is 36.6 Å². The molecule has 2 aromatic carbocycles. The average molecular weight is 636 g/mol. The zero-order chi connectivity index (χ0) is 31.8. The van der Waals surface area contributed by atoms with Gasteiger partial charge in [0.05, 0.1) is 24.3 Å². The lowest BCUT2D eigenvalue weighted by Gasteiger charge is -2.41. The number of aromatic amines is 2. The van der Waals surface area contributed by atoms with Crippen LogP contribution in [0.4, 0.5) is 26.3 Å². The Bertz CT molecular complexity index is 1610. The van der Waals surface area contributed by atoms with Gasteiger partial charge in [-0.1, -0.05) is 18.2 Å². The quantitative estimate of drug-likeness (QED) is 0.286. The maximum Gasteiger partial charge on any atom is 0.416 e. The van der Waals surface area contributed by atoms with Gasteiger partial charge in [0.15, 0.2) is 0 Å². The van der Waals surface area contributed by atoms with Crippen LogP contribution in [0, 0.1) is 0 Å². The summed E-state index contributed by atoms with van der Waals surface area (Å²) in [7, 11) is 0. The van der Waals surface area contributed by atoms with Crippen LogP contribution in [0.25, 0.3) is 10.9 Å². The minimum atomic E-state index is -5.06. The van der Waals surface area contributed by atoms with E-state index < -0.39 is 41.0 Å². The van der Waals surface area contributed by atoms with Gasteiger partial charge in [0.2, 0.25) is 0 Å². The van der Waals surface area contributed by atoms with Gasteiger partial charge in [0.1, 0.15) is 11.4 Å². The Balaban J connectivity index is 1.28. The molecule has 2 aliphatic rings. The van der Waals surface area contributed by atoms with Crippen molar-refractivity contribution in [1.82, 2.24) is 35.1 Å². The molecule has 6 rings (SSSR count). The number of para-hydroxylation sites is 1. The number of aromatic nitrogens is 4. The van der Waals surface area contributed by atoms with Crippen molar-refractivity contribution in [2.45, 2.75) is 37.9 Å². The third-order valence-electron chi connectivity index (χ3n) is 8.35. The molecule has 0 aliphatic carbocycles. The van der Waals surface area contributed by atoms with E-state index in [2.05, 4.69) is 30.2 Å². The van der Waals surface area contributed by atoms with E-state index in [0.29, 0.717) is 57.9 Å². The number of amides is 1. The lowest BCUT2D eigenvalue weighted by molar-refractivity contribution is -0.143. The number of benzene rings is 2. The first kappa shape index (κ1) is 31.0. The number of carbonyl (C=O) groups excluding carboxylic acids is 1. The van der Waals surface area contributed by atoms with Crippen molar-refractivity contribution in [3.8, 4) is 0 Å². The monoisotopic (exact) mass is 635 g/mol. The summed E-state index contributed by atoms with van der Waals surface area (Å²) in [4.78, 5) is 22.7. The molecule has 240 valence electrons. The molecule has 0 bridgehead atoms. The summed E-state index contributed by atoms with van der Waals surface area (Å²) >= 11 is 0. The van der Waals surface area contributed by atoms with Crippen LogP contribution in [-0.4, -0.2) is 93.0 Å². The van der Waals surface area contributed by atoms with E-state index in [-0.39, 0.29) is 12.6 Å². The summed E-state index contributed by atoms with van der Waals surface area (Å²) in [5.41, 5.74) is -0.422. The first-order chi connectivity index (χ1) is 21.5. The van der Waals surface area contributed by atoms with E-state index in [0.717, 1.165) is 40.9 Å². The predicted molar refractivity (Wildman–Crippen MR) is 151 cm³/mol. The zero-order valence-corrected chi connectivity index (χ0v) is 24.1. The maximum absolute atomic E-state index is 13.8. The van der Waals surface area contributed by atoms with Crippen molar-refractivity contribution in [3.63, 3.8) is 0 Å². The maximum atomic E-state index is 13.8. The molecule has 0 spiro atoms. The van der Waals surface area contributed by atoms with E-state index in [9.17, 15) is 31.1 Å². The Morgan fingerprint density at radius 1 is 0.867 bits per heavy atom. The van der Waals surface area contributed by atoms with Crippen LogP contribution in [0.5, 0.6) is 0 Å². The number of hydrogen-bond acceptors (Lipinski definition) is 6. The fourth-order valence-corrected chi connectivity index (χ4v) is 6.01. The third kappa shape index (κ3) is 6.99. The number of nitrogens with zero attached hydrogens (tertiary/aromatic N) is 5. The SMILES string of the molecule is O=C(c1cc(C(F)(F)F)cc(C(F)(F)F)c1)N1CCN(Cc2n[nH]nc2CN2CCOCC2)CC1Cc1c[nH]c2ccccc12. The second-order valence-electron chi connectivity index (χ2n) is 11.4. The van der Waals surface area contributed by atoms with E-state index in [1.165, 1.54) is 4.90 Å². The molecule has 4 heterocycles. The van der Waals surface area contributed by atoms with Gasteiger partial charge < -0.3 is 14.6 Å². The number of ether oxygens (including phenoxy) is 1. The Kier molecular flexibility index (Phi) is 8.59. The molecule has 1 unspecified atom stereocenters. The number of H-pyrrole nitrogens is 2. The number of fused-ring (bicyclic) bond motifs is 1.